The Morgan fingerprint density at radius 2 is 2.00 bits per heavy atom. The highest BCUT2D eigenvalue weighted by atomic mass is 16.6. The molecule has 0 saturated heterocycles. The fraction of sp³-hybridized carbons (Fsp3) is 0. The lowest BCUT2D eigenvalue weighted by atomic mass is 10.1. The molecule has 0 saturated carbocycles. The Labute approximate surface area is 78.3 Å². The van der Waals surface area contributed by atoms with Crippen LogP contribution < -0.4 is 0 Å². The van der Waals surface area contributed by atoms with Crippen LogP contribution in [-0.4, -0.2) is 15.2 Å². The number of nitro benzene ring substituents is 1. The molecule has 0 bridgehead atoms. The average Bonchev–Trinajstić information content (AvgIpc) is 2.71. The van der Waals surface area contributed by atoms with Gasteiger partial charge in [0.05, 0.1) is 11.1 Å². The predicted molar refractivity (Wildman–Crippen MR) is 46.4 cm³/mol. The lowest BCUT2D eigenvalue weighted by molar-refractivity contribution is -0.384. The van der Waals surface area contributed by atoms with E-state index in [1.54, 1.807) is 12.1 Å². The number of rotatable bonds is 2. The molecule has 0 spiro atoms. The fourth-order valence-corrected chi connectivity index (χ4v) is 1.05. The Hall–Kier alpha value is -2.24. The van der Waals surface area contributed by atoms with Gasteiger partial charge < -0.3 is 0 Å². The van der Waals surface area contributed by atoms with Crippen molar-refractivity contribution in [2.75, 3.05) is 0 Å². The summed E-state index contributed by atoms with van der Waals surface area (Å²) < 4.78 is 4.41. The first-order valence-electron chi connectivity index (χ1n) is 3.80. The molecule has 0 amide bonds. The summed E-state index contributed by atoms with van der Waals surface area (Å²) in [5.41, 5.74) is 1.34. The Morgan fingerprint density at radius 3 is 2.50 bits per heavy atom. The first-order valence-corrected chi connectivity index (χ1v) is 3.80. The maximum Gasteiger partial charge on any atom is 0.269 e. The first-order chi connectivity index (χ1) is 6.77. The predicted octanol–water partition coefficient (Wildman–Crippen LogP) is 1.64. The second-order valence-corrected chi connectivity index (χ2v) is 2.60. The summed E-state index contributed by atoms with van der Waals surface area (Å²) in [6.45, 7) is 0. The van der Waals surface area contributed by atoms with E-state index in [1.165, 1.54) is 18.3 Å². The van der Waals surface area contributed by atoms with E-state index in [-0.39, 0.29) is 5.69 Å². The van der Waals surface area contributed by atoms with Crippen molar-refractivity contribution < 1.29 is 9.55 Å². The van der Waals surface area contributed by atoms with Crippen molar-refractivity contribution in [2.24, 2.45) is 0 Å². The van der Waals surface area contributed by atoms with Crippen LogP contribution in [0.4, 0.5) is 5.69 Å². The van der Waals surface area contributed by atoms with E-state index in [9.17, 15) is 10.1 Å². The van der Waals surface area contributed by atoms with Crippen molar-refractivity contribution in [3.8, 4) is 11.3 Å². The van der Waals surface area contributed by atoms with Gasteiger partial charge in [0.25, 0.3) is 5.69 Å². The van der Waals surface area contributed by atoms with Gasteiger partial charge in [-0.3, -0.25) is 10.1 Å². The zero-order valence-electron chi connectivity index (χ0n) is 6.95. The Morgan fingerprint density at radius 1 is 1.29 bits per heavy atom. The van der Waals surface area contributed by atoms with E-state index < -0.39 is 4.92 Å². The smallest absolute Gasteiger partial charge is 0.258 e. The van der Waals surface area contributed by atoms with Gasteiger partial charge in [0.15, 0.2) is 0 Å². The Bertz CT molecular complexity index is 435. The molecule has 0 aliphatic heterocycles. The number of hydrogen-bond acceptors (Lipinski definition) is 5. The minimum Gasteiger partial charge on any atom is -0.258 e. The minimum absolute atomic E-state index is 0.0465. The third-order valence-corrected chi connectivity index (χ3v) is 1.74. The van der Waals surface area contributed by atoms with Crippen molar-refractivity contribution in [3.05, 3.63) is 40.6 Å². The molecule has 0 aliphatic carbocycles. The SMILES string of the molecule is O=[N+]([O-])c1ccc(-c2cnon2)cc1. The van der Waals surface area contributed by atoms with Crippen LogP contribution in [0.2, 0.25) is 0 Å². The maximum absolute atomic E-state index is 10.4. The van der Waals surface area contributed by atoms with Crippen LogP contribution in [0.15, 0.2) is 35.1 Å². The van der Waals surface area contributed by atoms with Gasteiger partial charge in [-0.05, 0) is 17.3 Å². The lowest BCUT2D eigenvalue weighted by Gasteiger charge is -1.93. The number of hydrogen-bond donors (Lipinski definition) is 0. The molecular formula is C8H5N3O3. The van der Waals surface area contributed by atoms with Gasteiger partial charge in [-0.1, -0.05) is 5.16 Å². The second kappa shape index (κ2) is 3.25. The molecule has 2 rings (SSSR count). The molecule has 6 nitrogen and oxygen atoms in total. The van der Waals surface area contributed by atoms with Crippen molar-refractivity contribution in [2.45, 2.75) is 0 Å². The topological polar surface area (TPSA) is 82.1 Å². The molecule has 1 aromatic carbocycles. The van der Waals surface area contributed by atoms with Gasteiger partial charge in [0.1, 0.15) is 5.69 Å². The summed E-state index contributed by atoms with van der Waals surface area (Å²) in [6.07, 6.45) is 1.45. The van der Waals surface area contributed by atoms with Gasteiger partial charge in [-0.25, -0.2) is 4.63 Å². The van der Waals surface area contributed by atoms with Crippen LogP contribution in [0.3, 0.4) is 0 Å². The quantitative estimate of drug-likeness (QED) is 0.532. The molecule has 14 heavy (non-hydrogen) atoms. The third kappa shape index (κ3) is 1.45. The molecule has 0 N–H and O–H groups in total. The van der Waals surface area contributed by atoms with Crippen LogP contribution in [0.25, 0.3) is 11.3 Å². The number of benzene rings is 1. The van der Waals surface area contributed by atoms with E-state index in [1.807, 2.05) is 0 Å². The number of non-ortho nitro benzene ring substituents is 1. The molecule has 6 heteroatoms. The second-order valence-electron chi connectivity index (χ2n) is 2.60. The molecule has 2 aromatic rings. The van der Waals surface area contributed by atoms with Gasteiger partial charge in [-0.15, -0.1) is 0 Å². The largest absolute Gasteiger partial charge is 0.269 e. The molecule has 1 heterocycles. The fourth-order valence-electron chi connectivity index (χ4n) is 1.05. The normalized spacial score (nSPS) is 10.0. The molecule has 0 aliphatic rings. The van der Waals surface area contributed by atoms with E-state index in [0.29, 0.717) is 5.69 Å². The molecule has 0 fully saturated rings. The monoisotopic (exact) mass is 191 g/mol. The molecule has 70 valence electrons. The van der Waals surface area contributed by atoms with E-state index in [0.717, 1.165) is 5.56 Å². The summed E-state index contributed by atoms with van der Waals surface area (Å²) >= 11 is 0. The van der Waals surface area contributed by atoms with Crippen LogP contribution in [0.1, 0.15) is 0 Å². The van der Waals surface area contributed by atoms with Crippen LogP contribution in [0.5, 0.6) is 0 Å². The zero-order valence-corrected chi connectivity index (χ0v) is 6.95. The van der Waals surface area contributed by atoms with Crippen molar-refractivity contribution in [3.63, 3.8) is 0 Å². The maximum atomic E-state index is 10.4. The summed E-state index contributed by atoms with van der Waals surface area (Å²) in [5, 5.41) is 17.4. The molecule has 0 radical (unpaired) electrons. The molecule has 0 atom stereocenters. The minimum atomic E-state index is -0.454. The standard InChI is InChI=1S/C8H5N3O3/c12-11(13)7-3-1-6(2-4-7)8-5-9-14-10-8/h1-5H. The number of nitro groups is 1. The third-order valence-electron chi connectivity index (χ3n) is 1.74. The van der Waals surface area contributed by atoms with Gasteiger partial charge in [-0.2, -0.15) is 0 Å². The molecular weight excluding hydrogens is 186 g/mol. The van der Waals surface area contributed by atoms with E-state index in [2.05, 4.69) is 14.9 Å². The lowest BCUT2D eigenvalue weighted by Crippen LogP contribution is -1.86. The van der Waals surface area contributed by atoms with E-state index >= 15 is 0 Å². The summed E-state index contributed by atoms with van der Waals surface area (Å²) in [5.74, 6) is 0. The summed E-state index contributed by atoms with van der Waals surface area (Å²) in [4.78, 5) is 9.90. The number of nitrogens with zero attached hydrogens (tertiary/aromatic N) is 3. The molecule has 1 aromatic heterocycles. The van der Waals surface area contributed by atoms with E-state index in [4.69, 9.17) is 0 Å². The van der Waals surface area contributed by atoms with Gasteiger partial charge >= 0.3 is 0 Å². The van der Waals surface area contributed by atoms with Crippen molar-refractivity contribution >= 4 is 5.69 Å². The average molecular weight is 191 g/mol. The summed E-state index contributed by atoms with van der Waals surface area (Å²) in [6, 6.07) is 6.00. The zero-order chi connectivity index (χ0) is 9.97. The number of aromatic nitrogens is 2. The van der Waals surface area contributed by atoms with Gasteiger partial charge in [0.2, 0.25) is 0 Å². The highest BCUT2D eigenvalue weighted by Crippen LogP contribution is 2.19. The highest BCUT2D eigenvalue weighted by Gasteiger charge is 2.06. The van der Waals surface area contributed by atoms with Crippen LogP contribution in [0, 0.1) is 10.1 Å². The first kappa shape index (κ1) is 8.36. The summed E-state index contributed by atoms with van der Waals surface area (Å²) in [7, 11) is 0. The molecule has 0 unspecified atom stereocenters. The van der Waals surface area contributed by atoms with Crippen molar-refractivity contribution in [1.82, 2.24) is 10.3 Å². The van der Waals surface area contributed by atoms with Crippen LogP contribution in [-0.2, 0) is 0 Å². The Kier molecular flexibility index (Phi) is 1.94. The van der Waals surface area contributed by atoms with Crippen molar-refractivity contribution in [1.29, 1.82) is 0 Å². The van der Waals surface area contributed by atoms with Gasteiger partial charge in [0, 0.05) is 17.7 Å². The van der Waals surface area contributed by atoms with Crippen LogP contribution >= 0.6 is 0 Å². The highest BCUT2D eigenvalue weighted by molar-refractivity contribution is 5.59. The Balaban J connectivity index is 2.36.